The summed E-state index contributed by atoms with van der Waals surface area (Å²) in [5.41, 5.74) is -0.294. The molecule has 106 valence electrons. The second-order valence-corrected chi connectivity index (χ2v) is 6.39. The third-order valence-corrected chi connectivity index (χ3v) is 5.01. The number of aliphatic hydroxyl groups is 1. The summed E-state index contributed by atoms with van der Waals surface area (Å²) in [5.74, 6) is 0.0593. The number of hydrogen-bond acceptors (Lipinski definition) is 3. The lowest BCUT2D eigenvalue weighted by Gasteiger charge is -2.35. The van der Waals surface area contributed by atoms with E-state index in [0.717, 1.165) is 10.5 Å². The summed E-state index contributed by atoms with van der Waals surface area (Å²) in [4.78, 5) is 12.8. The minimum Gasteiger partial charge on any atom is -0.380 e. The van der Waals surface area contributed by atoms with Gasteiger partial charge in [-0.15, -0.1) is 11.8 Å². The maximum absolute atomic E-state index is 11.8. The largest absolute Gasteiger partial charge is 0.380 e. The molecule has 1 aliphatic carbocycles. The van der Waals surface area contributed by atoms with Crippen molar-refractivity contribution in [1.29, 1.82) is 0 Å². The van der Waals surface area contributed by atoms with E-state index in [1.54, 1.807) is 17.8 Å². The van der Waals surface area contributed by atoms with Crippen LogP contribution in [0.2, 0.25) is 0 Å². The molecular formula is C18H16O2S. The van der Waals surface area contributed by atoms with Crippen LogP contribution in [0, 0.1) is 0 Å². The summed E-state index contributed by atoms with van der Waals surface area (Å²) in [7, 11) is 0. The van der Waals surface area contributed by atoms with Gasteiger partial charge in [0.15, 0.2) is 5.78 Å². The third kappa shape index (κ3) is 2.94. The van der Waals surface area contributed by atoms with Crippen LogP contribution in [-0.2, 0) is 10.4 Å². The van der Waals surface area contributed by atoms with E-state index in [1.165, 1.54) is 6.08 Å². The molecule has 0 heterocycles. The standard InChI is InChI=1S/C18H16O2S/c19-15-11-12-18(20,14-7-3-1-4-8-14)17(13-15)21-16-9-5-2-6-10-16/h1-12,17,20H,13H2. The van der Waals surface area contributed by atoms with Gasteiger partial charge in [-0.3, -0.25) is 4.79 Å². The minimum absolute atomic E-state index is 0.0593. The zero-order valence-electron chi connectivity index (χ0n) is 11.5. The Kier molecular flexibility index (Phi) is 3.95. The first-order chi connectivity index (χ1) is 10.2. The molecule has 0 aromatic heterocycles. The fraction of sp³-hybridized carbons (Fsp3) is 0.167. The van der Waals surface area contributed by atoms with Crippen molar-refractivity contribution < 1.29 is 9.90 Å². The van der Waals surface area contributed by atoms with Gasteiger partial charge in [-0.1, -0.05) is 48.5 Å². The van der Waals surface area contributed by atoms with Crippen molar-refractivity contribution in [3.05, 3.63) is 78.4 Å². The highest BCUT2D eigenvalue weighted by atomic mass is 32.2. The molecule has 0 saturated heterocycles. The second-order valence-electron chi connectivity index (χ2n) is 5.11. The molecule has 0 fully saturated rings. The van der Waals surface area contributed by atoms with Crippen LogP contribution in [0.4, 0.5) is 0 Å². The molecule has 0 amide bonds. The Morgan fingerprint density at radius 2 is 1.62 bits per heavy atom. The number of thioether (sulfide) groups is 1. The second kappa shape index (κ2) is 5.88. The molecule has 0 spiro atoms. The predicted molar refractivity (Wildman–Crippen MR) is 85.2 cm³/mol. The van der Waals surface area contributed by atoms with Gasteiger partial charge < -0.3 is 5.11 Å². The zero-order valence-corrected chi connectivity index (χ0v) is 12.3. The van der Waals surface area contributed by atoms with Crippen molar-refractivity contribution >= 4 is 17.5 Å². The topological polar surface area (TPSA) is 37.3 Å². The SMILES string of the molecule is O=C1C=CC(O)(c2ccccc2)C(Sc2ccccc2)C1. The van der Waals surface area contributed by atoms with E-state index in [4.69, 9.17) is 0 Å². The van der Waals surface area contributed by atoms with Gasteiger partial charge in [0.05, 0.1) is 5.25 Å². The number of hydrogen-bond donors (Lipinski definition) is 1. The summed E-state index contributed by atoms with van der Waals surface area (Å²) in [6.45, 7) is 0. The zero-order chi connectivity index (χ0) is 14.7. The van der Waals surface area contributed by atoms with Gasteiger partial charge in [0.1, 0.15) is 5.60 Å². The van der Waals surface area contributed by atoms with Gasteiger partial charge in [-0.05, 0) is 29.8 Å². The predicted octanol–water partition coefficient (Wildman–Crippen LogP) is 3.56. The summed E-state index contributed by atoms with van der Waals surface area (Å²) < 4.78 is 0. The van der Waals surface area contributed by atoms with E-state index in [2.05, 4.69) is 0 Å². The first kappa shape index (κ1) is 14.1. The smallest absolute Gasteiger partial charge is 0.156 e. The van der Waals surface area contributed by atoms with E-state index in [0.29, 0.717) is 6.42 Å². The molecule has 2 aromatic rings. The van der Waals surface area contributed by atoms with Crippen molar-refractivity contribution in [3.63, 3.8) is 0 Å². The van der Waals surface area contributed by atoms with Gasteiger partial charge in [-0.2, -0.15) is 0 Å². The van der Waals surface area contributed by atoms with Crippen molar-refractivity contribution in [3.8, 4) is 0 Å². The molecule has 1 aliphatic rings. The molecule has 2 unspecified atom stereocenters. The van der Waals surface area contributed by atoms with E-state index in [9.17, 15) is 9.90 Å². The molecular weight excluding hydrogens is 280 g/mol. The van der Waals surface area contributed by atoms with Crippen LogP contribution < -0.4 is 0 Å². The molecule has 1 N–H and O–H groups in total. The van der Waals surface area contributed by atoms with Crippen molar-refractivity contribution in [2.75, 3.05) is 0 Å². The van der Waals surface area contributed by atoms with Crippen LogP contribution in [0.1, 0.15) is 12.0 Å². The van der Waals surface area contributed by atoms with Crippen LogP contribution in [-0.4, -0.2) is 16.1 Å². The van der Waals surface area contributed by atoms with Gasteiger partial charge in [0, 0.05) is 11.3 Å². The van der Waals surface area contributed by atoms with E-state index in [1.807, 2.05) is 60.7 Å². The van der Waals surface area contributed by atoms with Gasteiger partial charge in [-0.25, -0.2) is 0 Å². The first-order valence-electron chi connectivity index (χ1n) is 6.90. The minimum atomic E-state index is -1.12. The highest BCUT2D eigenvalue weighted by Crippen LogP contribution is 2.41. The molecule has 21 heavy (non-hydrogen) atoms. The lowest BCUT2D eigenvalue weighted by Crippen LogP contribution is -2.39. The summed E-state index contributed by atoms with van der Waals surface area (Å²) in [6, 6.07) is 19.4. The van der Waals surface area contributed by atoms with Crippen LogP contribution in [0.15, 0.2) is 77.7 Å². The molecule has 3 rings (SSSR count). The Balaban J connectivity index is 1.96. The summed E-state index contributed by atoms with van der Waals surface area (Å²) in [5, 5.41) is 10.9. The molecule has 2 atom stereocenters. The Morgan fingerprint density at radius 3 is 2.29 bits per heavy atom. The Labute approximate surface area is 128 Å². The van der Waals surface area contributed by atoms with Crippen molar-refractivity contribution in [2.45, 2.75) is 22.2 Å². The maximum atomic E-state index is 11.8. The van der Waals surface area contributed by atoms with Crippen LogP contribution >= 0.6 is 11.8 Å². The molecule has 0 radical (unpaired) electrons. The number of rotatable bonds is 3. The Hall–Kier alpha value is -1.84. The normalized spacial score (nSPS) is 25.0. The average molecular weight is 296 g/mol. The van der Waals surface area contributed by atoms with E-state index >= 15 is 0 Å². The van der Waals surface area contributed by atoms with Crippen LogP contribution in [0.5, 0.6) is 0 Å². The summed E-state index contributed by atoms with van der Waals surface area (Å²) in [6.07, 6.45) is 3.46. The number of carbonyl (C=O) groups excluding carboxylic acids is 1. The van der Waals surface area contributed by atoms with Gasteiger partial charge in [0.2, 0.25) is 0 Å². The fourth-order valence-corrected chi connectivity index (χ4v) is 3.80. The van der Waals surface area contributed by atoms with E-state index < -0.39 is 5.60 Å². The molecule has 0 bridgehead atoms. The lowest BCUT2D eigenvalue weighted by atomic mass is 9.84. The van der Waals surface area contributed by atoms with E-state index in [-0.39, 0.29) is 11.0 Å². The highest BCUT2D eigenvalue weighted by molar-refractivity contribution is 8.00. The van der Waals surface area contributed by atoms with Gasteiger partial charge in [0.25, 0.3) is 0 Å². The van der Waals surface area contributed by atoms with Crippen LogP contribution in [0.3, 0.4) is 0 Å². The number of carbonyl (C=O) groups is 1. The monoisotopic (exact) mass is 296 g/mol. The van der Waals surface area contributed by atoms with Crippen molar-refractivity contribution in [2.24, 2.45) is 0 Å². The summed E-state index contributed by atoms with van der Waals surface area (Å²) >= 11 is 1.55. The molecule has 2 nitrogen and oxygen atoms in total. The molecule has 0 aliphatic heterocycles. The number of allylic oxidation sites excluding steroid dienone is 1. The lowest BCUT2D eigenvalue weighted by molar-refractivity contribution is -0.116. The fourth-order valence-electron chi connectivity index (χ4n) is 2.52. The van der Waals surface area contributed by atoms with Gasteiger partial charge >= 0.3 is 0 Å². The third-order valence-electron chi connectivity index (χ3n) is 3.66. The number of ketones is 1. The maximum Gasteiger partial charge on any atom is 0.156 e. The molecule has 3 heteroatoms. The highest BCUT2D eigenvalue weighted by Gasteiger charge is 2.40. The molecule has 0 saturated carbocycles. The Morgan fingerprint density at radius 1 is 1.00 bits per heavy atom. The average Bonchev–Trinajstić information content (AvgIpc) is 2.53. The molecule has 2 aromatic carbocycles. The Bertz CT molecular complexity index is 651. The van der Waals surface area contributed by atoms with Crippen molar-refractivity contribution in [1.82, 2.24) is 0 Å². The van der Waals surface area contributed by atoms with Crippen LogP contribution in [0.25, 0.3) is 0 Å². The number of benzene rings is 2. The quantitative estimate of drug-likeness (QED) is 0.941. The first-order valence-corrected chi connectivity index (χ1v) is 7.78.